The van der Waals surface area contributed by atoms with Gasteiger partial charge in [-0.2, -0.15) is 0 Å². The highest BCUT2D eigenvalue weighted by Gasteiger charge is 2.26. The third-order valence-corrected chi connectivity index (χ3v) is 6.08. The summed E-state index contributed by atoms with van der Waals surface area (Å²) in [5.74, 6) is -5.15. The number of pyridine rings is 2. The molecular weight excluding hydrogens is 483 g/mol. The van der Waals surface area contributed by atoms with E-state index in [-0.39, 0.29) is 6.42 Å². The number of carbonyl (C=O) groups excluding carboxylic acids is 1. The first-order chi connectivity index (χ1) is 17.8. The molecule has 0 aliphatic carbocycles. The van der Waals surface area contributed by atoms with Crippen LogP contribution in [-0.4, -0.2) is 33.0 Å². The van der Waals surface area contributed by atoms with Gasteiger partial charge in [-0.25, -0.2) is 18.0 Å². The standard InChI is InChI=1S/C28H18F3N3O3/c29-20-11-10-18(26-19(20)5-3-13-33-26)17-9-8-15(16-4-2-12-32-25(16)17)14-23(28(36)37)34-27(35)24-21(30)6-1-7-22(24)31/h1-13,23H,14H2,(H,34,35)(H,36,37). The summed E-state index contributed by atoms with van der Waals surface area (Å²) in [7, 11) is 0. The van der Waals surface area contributed by atoms with Crippen LogP contribution in [0.3, 0.4) is 0 Å². The number of nitrogens with zero attached hydrogens (tertiary/aromatic N) is 2. The van der Waals surface area contributed by atoms with Crippen LogP contribution < -0.4 is 5.32 Å². The van der Waals surface area contributed by atoms with E-state index in [9.17, 15) is 27.9 Å². The van der Waals surface area contributed by atoms with Crippen molar-refractivity contribution in [2.24, 2.45) is 0 Å². The lowest BCUT2D eigenvalue weighted by Gasteiger charge is -2.17. The van der Waals surface area contributed by atoms with Gasteiger partial charge in [0, 0.05) is 40.7 Å². The van der Waals surface area contributed by atoms with E-state index < -0.39 is 40.9 Å². The van der Waals surface area contributed by atoms with E-state index in [1.54, 1.807) is 54.9 Å². The topological polar surface area (TPSA) is 92.2 Å². The molecule has 9 heteroatoms. The van der Waals surface area contributed by atoms with Crippen molar-refractivity contribution in [3.05, 3.63) is 108 Å². The molecule has 5 rings (SSSR count). The molecule has 37 heavy (non-hydrogen) atoms. The third kappa shape index (κ3) is 4.47. The Morgan fingerprint density at radius 2 is 1.35 bits per heavy atom. The predicted octanol–water partition coefficient (Wildman–Crippen LogP) is 5.29. The van der Waals surface area contributed by atoms with Gasteiger partial charge in [0.2, 0.25) is 0 Å². The molecule has 0 aliphatic heterocycles. The molecule has 5 aromatic rings. The molecule has 0 aliphatic rings. The minimum Gasteiger partial charge on any atom is -0.480 e. The molecule has 0 saturated heterocycles. The molecule has 1 unspecified atom stereocenters. The molecule has 2 heterocycles. The summed E-state index contributed by atoms with van der Waals surface area (Å²) in [6.07, 6.45) is 2.96. The minimum absolute atomic E-state index is 0.179. The van der Waals surface area contributed by atoms with Crippen molar-refractivity contribution < 1.29 is 27.9 Å². The Morgan fingerprint density at radius 1 is 0.757 bits per heavy atom. The van der Waals surface area contributed by atoms with E-state index in [4.69, 9.17) is 0 Å². The van der Waals surface area contributed by atoms with Gasteiger partial charge >= 0.3 is 5.97 Å². The fraction of sp³-hybridized carbons (Fsp3) is 0.0714. The van der Waals surface area contributed by atoms with Gasteiger partial charge in [0.15, 0.2) is 0 Å². The fourth-order valence-electron chi connectivity index (χ4n) is 4.35. The van der Waals surface area contributed by atoms with Gasteiger partial charge in [0.05, 0.1) is 11.0 Å². The summed E-state index contributed by atoms with van der Waals surface area (Å²) in [5, 5.41) is 12.9. The zero-order chi connectivity index (χ0) is 26.1. The number of aromatic nitrogens is 2. The lowest BCUT2D eigenvalue weighted by molar-refractivity contribution is -0.139. The maximum Gasteiger partial charge on any atom is 0.326 e. The summed E-state index contributed by atoms with van der Waals surface area (Å²) >= 11 is 0. The summed E-state index contributed by atoms with van der Waals surface area (Å²) in [5.41, 5.74) is 1.95. The summed E-state index contributed by atoms with van der Waals surface area (Å²) in [6, 6.07) is 14.5. The number of carboxylic acids is 1. The summed E-state index contributed by atoms with van der Waals surface area (Å²) < 4.78 is 42.5. The number of rotatable bonds is 6. The molecule has 0 fully saturated rings. The van der Waals surface area contributed by atoms with Gasteiger partial charge in [-0.15, -0.1) is 0 Å². The highest BCUT2D eigenvalue weighted by molar-refractivity contribution is 6.03. The molecule has 184 valence electrons. The van der Waals surface area contributed by atoms with E-state index in [1.165, 1.54) is 6.07 Å². The number of fused-ring (bicyclic) bond motifs is 2. The van der Waals surface area contributed by atoms with Crippen LogP contribution in [0.1, 0.15) is 15.9 Å². The molecule has 1 amide bonds. The molecule has 3 aromatic carbocycles. The molecule has 0 radical (unpaired) electrons. The van der Waals surface area contributed by atoms with Crippen LogP contribution in [0, 0.1) is 17.5 Å². The summed E-state index contributed by atoms with van der Waals surface area (Å²) in [4.78, 5) is 33.3. The number of hydrogen-bond acceptors (Lipinski definition) is 4. The average molecular weight is 501 g/mol. The lowest BCUT2D eigenvalue weighted by atomic mass is 9.94. The van der Waals surface area contributed by atoms with Crippen molar-refractivity contribution in [3.8, 4) is 11.1 Å². The van der Waals surface area contributed by atoms with E-state index in [0.717, 1.165) is 18.2 Å². The SMILES string of the molecule is O=C(NC(Cc1ccc(-c2ccc(F)c3cccnc23)c2ncccc12)C(=O)O)c1c(F)cccc1F. The smallest absolute Gasteiger partial charge is 0.326 e. The van der Waals surface area contributed by atoms with E-state index >= 15 is 0 Å². The van der Waals surface area contributed by atoms with Gasteiger partial charge in [-0.05, 0) is 48.0 Å². The number of benzene rings is 3. The second kappa shape index (κ2) is 9.69. The fourth-order valence-corrected chi connectivity index (χ4v) is 4.35. The largest absolute Gasteiger partial charge is 0.480 e. The molecular formula is C28H18F3N3O3. The van der Waals surface area contributed by atoms with Crippen LogP contribution in [0.5, 0.6) is 0 Å². The zero-order valence-electron chi connectivity index (χ0n) is 19.1. The van der Waals surface area contributed by atoms with Crippen LogP contribution in [-0.2, 0) is 11.2 Å². The van der Waals surface area contributed by atoms with Crippen LogP contribution in [0.25, 0.3) is 32.9 Å². The van der Waals surface area contributed by atoms with Crippen molar-refractivity contribution in [2.75, 3.05) is 0 Å². The quantitative estimate of drug-likeness (QED) is 0.330. The first-order valence-electron chi connectivity index (χ1n) is 11.2. The van der Waals surface area contributed by atoms with Crippen molar-refractivity contribution >= 4 is 33.7 Å². The summed E-state index contributed by atoms with van der Waals surface area (Å²) in [6.45, 7) is 0. The minimum atomic E-state index is -1.48. The van der Waals surface area contributed by atoms with Crippen LogP contribution in [0.15, 0.2) is 79.1 Å². The van der Waals surface area contributed by atoms with Gasteiger partial charge in [-0.1, -0.05) is 24.3 Å². The average Bonchev–Trinajstić information content (AvgIpc) is 2.89. The Morgan fingerprint density at radius 3 is 2.00 bits per heavy atom. The van der Waals surface area contributed by atoms with Crippen molar-refractivity contribution in [1.82, 2.24) is 15.3 Å². The number of halogens is 3. The Kier molecular flexibility index (Phi) is 6.27. The third-order valence-electron chi connectivity index (χ3n) is 6.08. The van der Waals surface area contributed by atoms with Crippen molar-refractivity contribution in [3.63, 3.8) is 0 Å². The van der Waals surface area contributed by atoms with Crippen LogP contribution in [0.4, 0.5) is 13.2 Å². The molecule has 1 atom stereocenters. The van der Waals surface area contributed by atoms with Gasteiger partial charge in [0.1, 0.15) is 29.1 Å². The Labute approximate surface area is 208 Å². The van der Waals surface area contributed by atoms with E-state index in [1.807, 2.05) is 0 Å². The normalized spacial score (nSPS) is 12.0. The zero-order valence-corrected chi connectivity index (χ0v) is 19.1. The van der Waals surface area contributed by atoms with Crippen molar-refractivity contribution in [1.29, 1.82) is 0 Å². The lowest BCUT2D eigenvalue weighted by Crippen LogP contribution is -2.43. The predicted molar refractivity (Wildman–Crippen MR) is 131 cm³/mol. The van der Waals surface area contributed by atoms with E-state index in [2.05, 4.69) is 15.3 Å². The molecule has 2 N–H and O–H groups in total. The number of carboxylic acid groups (broad SMARTS) is 1. The second-order valence-electron chi connectivity index (χ2n) is 8.33. The van der Waals surface area contributed by atoms with Gasteiger partial charge in [0.25, 0.3) is 5.91 Å². The number of carbonyl (C=O) groups is 2. The Balaban J connectivity index is 1.55. The number of aliphatic carboxylic acids is 1. The Bertz CT molecular complexity index is 1670. The number of amides is 1. The maximum absolute atomic E-state index is 14.4. The van der Waals surface area contributed by atoms with Crippen LogP contribution >= 0.6 is 0 Å². The molecule has 2 aromatic heterocycles. The second-order valence-corrected chi connectivity index (χ2v) is 8.33. The first-order valence-corrected chi connectivity index (χ1v) is 11.2. The Hall–Kier alpha value is -4.79. The highest BCUT2D eigenvalue weighted by atomic mass is 19.1. The molecule has 0 spiro atoms. The highest BCUT2D eigenvalue weighted by Crippen LogP contribution is 2.34. The van der Waals surface area contributed by atoms with Crippen LogP contribution in [0.2, 0.25) is 0 Å². The van der Waals surface area contributed by atoms with Gasteiger partial charge in [-0.3, -0.25) is 14.8 Å². The molecule has 0 bridgehead atoms. The molecule has 0 saturated carbocycles. The number of nitrogens with one attached hydrogen (secondary N) is 1. The van der Waals surface area contributed by atoms with E-state index in [0.29, 0.717) is 38.5 Å². The van der Waals surface area contributed by atoms with Crippen molar-refractivity contribution in [2.45, 2.75) is 12.5 Å². The number of hydrogen-bond donors (Lipinski definition) is 2. The first kappa shape index (κ1) is 23.9. The molecule has 6 nitrogen and oxygen atoms in total. The maximum atomic E-state index is 14.4. The monoisotopic (exact) mass is 501 g/mol. The van der Waals surface area contributed by atoms with Gasteiger partial charge < -0.3 is 10.4 Å².